The first-order valence-corrected chi connectivity index (χ1v) is 6.48. The lowest BCUT2D eigenvalue weighted by Gasteiger charge is -2.04. The molecule has 0 atom stereocenters. The van der Waals surface area contributed by atoms with Gasteiger partial charge in [0.15, 0.2) is 6.61 Å². The van der Waals surface area contributed by atoms with Gasteiger partial charge < -0.3 is 10.5 Å². The third-order valence-electron chi connectivity index (χ3n) is 2.86. The third kappa shape index (κ3) is 3.93. The molecule has 2 aromatic rings. The molecule has 110 valence electrons. The highest BCUT2D eigenvalue weighted by atomic mass is 19.1. The lowest BCUT2D eigenvalue weighted by molar-refractivity contribution is -0.119. The van der Waals surface area contributed by atoms with Crippen LogP contribution in [-0.2, 0) is 4.79 Å². The molecule has 2 aromatic carbocycles. The minimum Gasteiger partial charge on any atom is -0.484 e. The number of halogens is 1. The van der Waals surface area contributed by atoms with E-state index in [1.807, 2.05) is 6.07 Å². The van der Waals surface area contributed by atoms with E-state index in [0.29, 0.717) is 11.3 Å². The molecular weight excluding hydrogens is 283 g/mol. The minimum absolute atomic E-state index is 0.201. The van der Waals surface area contributed by atoms with Crippen molar-refractivity contribution in [2.75, 3.05) is 6.61 Å². The maximum absolute atomic E-state index is 13.7. The van der Waals surface area contributed by atoms with E-state index in [9.17, 15) is 14.4 Å². The van der Waals surface area contributed by atoms with Crippen LogP contribution in [0.2, 0.25) is 0 Å². The minimum atomic E-state index is -0.560. The van der Waals surface area contributed by atoms with Crippen molar-refractivity contribution in [2.45, 2.75) is 0 Å². The molecule has 0 bridgehead atoms. The lowest BCUT2D eigenvalue weighted by atomic mass is 10.0. The van der Waals surface area contributed by atoms with Gasteiger partial charge in [0.1, 0.15) is 11.6 Å². The SMILES string of the molecule is N#CC(=Cc1ccc(OCC(N)=O)cc1)c1ccccc1F. The number of rotatable bonds is 5. The lowest BCUT2D eigenvalue weighted by Crippen LogP contribution is -2.19. The normalized spacial score (nSPS) is 10.8. The standard InChI is InChI=1S/C17H13FN2O2/c18-16-4-2-1-3-15(16)13(10-19)9-12-5-7-14(8-6-12)22-11-17(20)21/h1-9H,11H2,(H2,20,21). The maximum atomic E-state index is 13.7. The molecule has 0 saturated heterocycles. The molecule has 0 heterocycles. The van der Waals surface area contributed by atoms with Crippen LogP contribution < -0.4 is 10.5 Å². The summed E-state index contributed by atoms with van der Waals surface area (Å²) in [5.74, 6) is -0.521. The first-order chi connectivity index (χ1) is 10.6. The highest BCUT2D eigenvalue weighted by Crippen LogP contribution is 2.21. The number of hydrogen-bond acceptors (Lipinski definition) is 3. The van der Waals surface area contributed by atoms with E-state index in [4.69, 9.17) is 10.5 Å². The summed E-state index contributed by atoms with van der Waals surface area (Å²) in [6.07, 6.45) is 1.58. The molecule has 4 nitrogen and oxygen atoms in total. The summed E-state index contributed by atoms with van der Waals surface area (Å²) < 4.78 is 18.9. The average molecular weight is 296 g/mol. The van der Waals surface area contributed by atoms with E-state index in [1.54, 1.807) is 48.5 Å². The number of nitrogens with two attached hydrogens (primary N) is 1. The Balaban J connectivity index is 2.22. The molecule has 0 aromatic heterocycles. The molecule has 0 fully saturated rings. The van der Waals surface area contributed by atoms with Crippen molar-refractivity contribution < 1.29 is 13.9 Å². The van der Waals surface area contributed by atoms with Gasteiger partial charge in [-0.15, -0.1) is 0 Å². The molecule has 0 spiro atoms. The molecule has 0 unspecified atom stereocenters. The maximum Gasteiger partial charge on any atom is 0.255 e. The molecule has 2 N–H and O–H groups in total. The van der Waals surface area contributed by atoms with Crippen LogP contribution in [0, 0.1) is 17.1 Å². The number of amides is 1. The van der Waals surface area contributed by atoms with Gasteiger partial charge in [0, 0.05) is 5.56 Å². The molecule has 22 heavy (non-hydrogen) atoms. The predicted molar refractivity (Wildman–Crippen MR) is 81.0 cm³/mol. The van der Waals surface area contributed by atoms with Crippen LogP contribution in [0.1, 0.15) is 11.1 Å². The van der Waals surface area contributed by atoms with Gasteiger partial charge in [-0.1, -0.05) is 30.3 Å². The fraction of sp³-hybridized carbons (Fsp3) is 0.0588. The Morgan fingerprint density at radius 3 is 2.50 bits per heavy atom. The number of hydrogen-bond donors (Lipinski definition) is 1. The summed E-state index contributed by atoms with van der Waals surface area (Å²) in [4.78, 5) is 10.6. The van der Waals surface area contributed by atoms with E-state index in [0.717, 1.165) is 0 Å². The Morgan fingerprint density at radius 2 is 1.91 bits per heavy atom. The van der Waals surface area contributed by atoms with E-state index in [2.05, 4.69) is 0 Å². The van der Waals surface area contributed by atoms with Crippen LogP contribution in [-0.4, -0.2) is 12.5 Å². The fourth-order valence-corrected chi connectivity index (χ4v) is 1.83. The van der Waals surface area contributed by atoms with Crippen LogP contribution >= 0.6 is 0 Å². The van der Waals surface area contributed by atoms with Crippen LogP contribution in [0.5, 0.6) is 5.75 Å². The van der Waals surface area contributed by atoms with E-state index >= 15 is 0 Å². The molecule has 0 aliphatic heterocycles. The highest BCUT2D eigenvalue weighted by Gasteiger charge is 2.06. The zero-order valence-corrected chi connectivity index (χ0v) is 11.6. The number of carbonyl (C=O) groups is 1. The van der Waals surface area contributed by atoms with Crippen LogP contribution in [0.3, 0.4) is 0 Å². The van der Waals surface area contributed by atoms with Crippen molar-refractivity contribution in [2.24, 2.45) is 5.73 Å². The molecule has 2 rings (SSSR count). The van der Waals surface area contributed by atoms with E-state index in [-0.39, 0.29) is 17.7 Å². The van der Waals surface area contributed by atoms with Gasteiger partial charge in [0.2, 0.25) is 0 Å². The van der Waals surface area contributed by atoms with Gasteiger partial charge >= 0.3 is 0 Å². The number of nitrogens with zero attached hydrogens (tertiary/aromatic N) is 1. The van der Waals surface area contributed by atoms with Crippen molar-refractivity contribution in [1.29, 1.82) is 5.26 Å². The number of allylic oxidation sites excluding steroid dienone is 1. The first kappa shape index (κ1) is 15.3. The Hall–Kier alpha value is -3.13. The van der Waals surface area contributed by atoms with Gasteiger partial charge in [-0.2, -0.15) is 5.26 Å². The third-order valence-corrected chi connectivity index (χ3v) is 2.86. The quantitative estimate of drug-likeness (QED) is 0.681. The van der Waals surface area contributed by atoms with Crippen molar-refractivity contribution in [3.8, 4) is 11.8 Å². The summed E-state index contributed by atoms with van der Waals surface area (Å²) in [5, 5.41) is 9.20. The molecule has 0 aliphatic rings. The molecular formula is C17H13FN2O2. The number of carbonyl (C=O) groups excluding carboxylic acids is 1. The zero-order valence-electron chi connectivity index (χ0n) is 11.6. The summed E-state index contributed by atoms with van der Waals surface area (Å²) in [6, 6.07) is 14.8. The topological polar surface area (TPSA) is 76.1 Å². The second kappa shape index (κ2) is 7.04. The number of ether oxygens (including phenoxy) is 1. The molecule has 1 amide bonds. The number of primary amides is 1. The predicted octanol–water partition coefficient (Wildman–Crippen LogP) is 2.75. The summed E-state index contributed by atoms with van der Waals surface area (Å²) in [7, 11) is 0. The smallest absolute Gasteiger partial charge is 0.255 e. The Labute approximate surface area is 127 Å². The van der Waals surface area contributed by atoms with Crippen LogP contribution in [0.15, 0.2) is 48.5 Å². The van der Waals surface area contributed by atoms with Gasteiger partial charge in [0.25, 0.3) is 5.91 Å². The van der Waals surface area contributed by atoms with Gasteiger partial charge in [-0.3, -0.25) is 4.79 Å². The molecule has 0 aliphatic carbocycles. The second-order valence-corrected chi connectivity index (χ2v) is 4.47. The largest absolute Gasteiger partial charge is 0.484 e. The Bertz CT molecular complexity index is 746. The number of benzene rings is 2. The van der Waals surface area contributed by atoms with Crippen molar-refractivity contribution in [1.82, 2.24) is 0 Å². The summed E-state index contributed by atoms with van der Waals surface area (Å²) >= 11 is 0. The average Bonchev–Trinajstić information content (AvgIpc) is 2.52. The summed E-state index contributed by atoms with van der Waals surface area (Å²) in [5.41, 5.74) is 6.18. The van der Waals surface area contributed by atoms with Crippen molar-refractivity contribution in [3.63, 3.8) is 0 Å². The van der Waals surface area contributed by atoms with E-state index < -0.39 is 11.7 Å². The first-order valence-electron chi connectivity index (χ1n) is 6.48. The van der Waals surface area contributed by atoms with Crippen molar-refractivity contribution >= 4 is 17.6 Å². The Kier molecular flexibility index (Phi) is 4.89. The molecule has 0 radical (unpaired) electrons. The summed E-state index contributed by atoms with van der Waals surface area (Å²) in [6.45, 7) is -0.201. The van der Waals surface area contributed by atoms with Crippen LogP contribution in [0.4, 0.5) is 4.39 Å². The zero-order chi connectivity index (χ0) is 15.9. The highest BCUT2D eigenvalue weighted by molar-refractivity contribution is 5.89. The second-order valence-electron chi connectivity index (χ2n) is 4.47. The fourth-order valence-electron chi connectivity index (χ4n) is 1.83. The van der Waals surface area contributed by atoms with E-state index in [1.165, 1.54) is 6.07 Å². The van der Waals surface area contributed by atoms with Crippen LogP contribution in [0.25, 0.3) is 11.6 Å². The van der Waals surface area contributed by atoms with Gasteiger partial charge in [-0.05, 0) is 29.8 Å². The molecule has 0 saturated carbocycles. The monoisotopic (exact) mass is 296 g/mol. The molecule has 5 heteroatoms. The van der Waals surface area contributed by atoms with Crippen molar-refractivity contribution in [3.05, 3.63) is 65.5 Å². The van der Waals surface area contributed by atoms with Gasteiger partial charge in [-0.25, -0.2) is 4.39 Å². The number of nitriles is 1. The van der Waals surface area contributed by atoms with Gasteiger partial charge in [0.05, 0.1) is 11.6 Å². The Morgan fingerprint density at radius 1 is 1.23 bits per heavy atom.